The van der Waals surface area contributed by atoms with Gasteiger partial charge in [0.1, 0.15) is 5.82 Å². The SMILES string of the molecule is Cc1cc(Nc2ccc(C(C)(C)C)cc2)nc(N2CCN(C)CC2)n1. The topological polar surface area (TPSA) is 44.3 Å². The molecule has 0 bridgehead atoms. The molecular formula is C20H29N5. The van der Waals surface area contributed by atoms with Crippen LogP contribution in [-0.2, 0) is 5.41 Å². The highest BCUT2D eigenvalue weighted by Crippen LogP contribution is 2.25. The van der Waals surface area contributed by atoms with Crippen molar-refractivity contribution < 1.29 is 0 Å². The minimum Gasteiger partial charge on any atom is -0.340 e. The molecule has 1 saturated heterocycles. The van der Waals surface area contributed by atoms with E-state index in [-0.39, 0.29) is 5.41 Å². The molecule has 1 fully saturated rings. The number of aromatic nitrogens is 2. The molecule has 134 valence electrons. The first-order valence-corrected chi connectivity index (χ1v) is 8.98. The van der Waals surface area contributed by atoms with Crippen LogP contribution in [0.3, 0.4) is 0 Å². The van der Waals surface area contributed by atoms with E-state index in [2.05, 4.69) is 72.2 Å². The summed E-state index contributed by atoms with van der Waals surface area (Å²) in [6.45, 7) is 12.7. The Hall–Kier alpha value is -2.14. The first-order valence-electron chi connectivity index (χ1n) is 8.98. The van der Waals surface area contributed by atoms with Crippen LogP contribution in [0.1, 0.15) is 32.0 Å². The summed E-state index contributed by atoms with van der Waals surface area (Å²) in [5, 5.41) is 3.42. The maximum Gasteiger partial charge on any atom is 0.227 e. The van der Waals surface area contributed by atoms with Crippen molar-refractivity contribution in [1.29, 1.82) is 0 Å². The molecule has 3 rings (SSSR count). The summed E-state index contributed by atoms with van der Waals surface area (Å²) in [5.41, 5.74) is 3.53. The van der Waals surface area contributed by atoms with Gasteiger partial charge in [-0.3, -0.25) is 0 Å². The van der Waals surface area contributed by atoms with Crippen LogP contribution in [0, 0.1) is 6.92 Å². The lowest BCUT2D eigenvalue weighted by Crippen LogP contribution is -2.45. The molecule has 5 nitrogen and oxygen atoms in total. The van der Waals surface area contributed by atoms with Crippen molar-refractivity contribution in [2.75, 3.05) is 43.4 Å². The summed E-state index contributed by atoms with van der Waals surface area (Å²) < 4.78 is 0. The van der Waals surface area contributed by atoms with E-state index in [0.717, 1.165) is 49.3 Å². The van der Waals surface area contributed by atoms with Crippen LogP contribution in [0.2, 0.25) is 0 Å². The molecule has 1 aromatic carbocycles. The van der Waals surface area contributed by atoms with Crippen LogP contribution in [-0.4, -0.2) is 48.1 Å². The molecule has 1 aromatic heterocycles. The summed E-state index contributed by atoms with van der Waals surface area (Å²) in [7, 11) is 2.16. The predicted molar refractivity (Wildman–Crippen MR) is 105 cm³/mol. The molecule has 1 N–H and O–H groups in total. The highest BCUT2D eigenvalue weighted by atomic mass is 15.3. The van der Waals surface area contributed by atoms with Gasteiger partial charge >= 0.3 is 0 Å². The molecule has 0 spiro atoms. The van der Waals surface area contributed by atoms with E-state index in [9.17, 15) is 0 Å². The van der Waals surface area contributed by atoms with Crippen LogP contribution in [0.4, 0.5) is 17.5 Å². The zero-order valence-corrected chi connectivity index (χ0v) is 16.0. The second-order valence-electron chi connectivity index (χ2n) is 7.94. The third kappa shape index (κ3) is 4.48. The second kappa shape index (κ2) is 7.00. The Morgan fingerprint density at radius 3 is 2.20 bits per heavy atom. The van der Waals surface area contributed by atoms with Gasteiger partial charge in [0.25, 0.3) is 0 Å². The number of rotatable bonds is 3. The molecule has 0 amide bonds. The molecule has 0 unspecified atom stereocenters. The molecule has 2 aromatic rings. The molecule has 0 aliphatic carbocycles. The van der Waals surface area contributed by atoms with Gasteiger partial charge in [0, 0.05) is 43.6 Å². The smallest absolute Gasteiger partial charge is 0.227 e. The number of nitrogens with zero attached hydrogens (tertiary/aromatic N) is 4. The van der Waals surface area contributed by atoms with Gasteiger partial charge in [-0.25, -0.2) is 4.98 Å². The summed E-state index contributed by atoms with van der Waals surface area (Å²) in [5.74, 6) is 1.67. The van der Waals surface area contributed by atoms with Crippen LogP contribution in [0.25, 0.3) is 0 Å². The predicted octanol–water partition coefficient (Wildman–Crippen LogP) is 3.58. The fourth-order valence-corrected chi connectivity index (χ4v) is 2.97. The van der Waals surface area contributed by atoms with Crippen molar-refractivity contribution in [3.8, 4) is 0 Å². The van der Waals surface area contributed by atoms with E-state index in [1.807, 2.05) is 13.0 Å². The van der Waals surface area contributed by atoms with Gasteiger partial charge in [0.15, 0.2) is 0 Å². The van der Waals surface area contributed by atoms with Crippen LogP contribution < -0.4 is 10.2 Å². The zero-order valence-electron chi connectivity index (χ0n) is 16.0. The second-order valence-corrected chi connectivity index (χ2v) is 7.94. The number of anilines is 3. The summed E-state index contributed by atoms with van der Waals surface area (Å²) in [6.07, 6.45) is 0. The standard InChI is InChI=1S/C20H29N5/c1-15-14-18(22-17-8-6-16(7-9-17)20(2,3)4)23-19(21-15)25-12-10-24(5)11-13-25/h6-9,14H,10-13H2,1-5H3,(H,21,22,23). The molecule has 5 heteroatoms. The van der Waals surface area contributed by atoms with E-state index in [1.165, 1.54) is 5.56 Å². The van der Waals surface area contributed by atoms with Gasteiger partial charge in [0.2, 0.25) is 5.95 Å². The quantitative estimate of drug-likeness (QED) is 0.926. The van der Waals surface area contributed by atoms with Gasteiger partial charge in [-0.15, -0.1) is 0 Å². The number of aryl methyl sites for hydroxylation is 1. The molecule has 0 saturated carbocycles. The van der Waals surface area contributed by atoms with Crippen molar-refractivity contribution in [3.63, 3.8) is 0 Å². The van der Waals surface area contributed by atoms with Crippen LogP contribution >= 0.6 is 0 Å². The number of piperazine rings is 1. The molecule has 1 aliphatic heterocycles. The highest BCUT2D eigenvalue weighted by molar-refractivity contribution is 5.58. The van der Waals surface area contributed by atoms with E-state index >= 15 is 0 Å². The Morgan fingerprint density at radius 1 is 0.960 bits per heavy atom. The third-order valence-corrected chi connectivity index (χ3v) is 4.65. The lowest BCUT2D eigenvalue weighted by molar-refractivity contribution is 0.311. The number of nitrogens with one attached hydrogen (secondary N) is 1. The number of hydrogen-bond donors (Lipinski definition) is 1. The monoisotopic (exact) mass is 339 g/mol. The van der Waals surface area contributed by atoms with E-state index in [1.54, 1.807) is 0 Å². The largest absolute Gasteiger partial charge is 0.340 e. The number of hydrogen-bond acceptors (Lipinski definition) is 5. The Bertz CT molecular complexity index is 710. The van der Waals surface area contributed by atoms with Crippen molar-refractivity contribution >= 4 is 17.5 Å². The maximum atomic E-state index is 4.73. The lowest BCUT2D eigenvalue weighted by atomic mass is 9.87. The van der Waals surface area contributed by atoms with Crippen molar-refractivity contribution in [2.45, 2.75) is 33.1 Å². The molecule has 2 heterocycles. The van der Waals surface area contributed by atoms with Crippen molar-refractivity contribution in [2.24, 2.45) is 0 Å². The normalized spacial score (nSPS) is 16.1. The average molecular weight is 339 g/mol. The summed E-state index contributed by atoms with van der Waals surface area (Å²) >= 11 is 0. The Labute approximate surface area is 151 Å². The lowest BCUT2D eigenvalue weighted by Gasteiger charge is -2.32. The van der Waals surface area contributed by atoms with Gasteiger partial charge < -0.3 is 15.1 Å². The molecule has 0 atom stereocenters. The van der Waals surface area contributed by atoms with E-state index in [0.29, 0.717) is 0 Å². The van der Waals surface area contributed by atoms with Gasteiger partial charge in [-0.1, -0.05) is 32.9 Å². The maximum absolute atomic E-state index is 4.73. The first kappa shape index (κ1) is 17.7. The number of benzene rings is 1. The third-order valence-electron chi connectivity index (χ3n) is 4.65. The first-order chi connectivity index (χ1) is 11.8. The van der Waals surface area contributed by atoms with E-state index < -0.39 is 0 Å². The zero-order chi connectivity index (χ0) is 18.0. The van der Waals surface area contributed by atoms with Crippen LogP contribution in [0.5, 0.6) is 0 Å². The van der Waals surface area contributed by atoms with Gasteiger partial charge in [-0.05, 0) is 37.1 Å². The highest BCUT2D eigenvalue weighted by Gasteiger charge is 2.17. The van der Waals surface area contributed by atoms with Gasteiger partial charge in [-0.2, -0.15) is 4.98 Å². The Kier molecular flexibility index (Phi) is 4.95. The molecule has 0 radical (unpaired) electrons. The number of likely N-dealkylation sites (N-methyl/N-ethyl adjacent to an activating group) is 1. The Morgan fingerprint density at radius 2 is 1.60 bits per heavy atom. The molecule has 25 heavy (non-hydrogen) atoms. The summed E-state index contributed by atoms with van der Waals surface area (Å²) in [4.78, 5) is 14.0. The van der Waals surface area contributed by atoms with Crippen molar-refractivity contribution in [3.05, 3.63) is 41.6 Å². The molecule has 1 aliphatic rings. The fourth-order valence-electron chi connectivity index (χ4n) is 2.97. The minimum absolute atomic E-state index is 0.165. The van der Waals surface area contributed by atoms with E-state index in [4.69, 9.17) is 4.98 Å². The average Bonchev–Trinajstić information content (AvgIpc) is 2.54. The minimum atomic E-state index is 0.165. The van der Waals surface area contributed by atoms with Gasteiger partial charge in [0.05, 0.1) is 0 Å². The summed E-state index contributed by atoms with van der Waals surface area (Å²) in [6, 6.07) is 10.6. The Balaban J connectivity index is 1.76. The fraction of sp³-hybridized carbons (Fsp3) is 0.500. The van der Waals surface area contributed by atoms with Crippen molar-refractivity contribution in [1.82, 2.24) is 14.9 Å². The molecular weight excluding hydrogens is 310 g/mol. The van der Waals surface area contributed by atoms with Crippen LogP contribution in [0.15, 0.2) is 30.3 Å².